The summed E-state index contributed by atoms with van der Waals surface area (Å²) in [5.41, 5.74) is 5.22. The van der Waals surface area contributed by atoms with Crippen molar-refractivity contribution >= 4 is 12.1 Å². The van der Waals surface area contributed by atoms with Crippen molar-refractivity contribution < 1.29 is 24.1 Å². The third-order valence-corrected chi connectivity index (χ3v) is 3.75. The summed E-state index contributed by atoms with van der Waals surface area (Å²) in [7, 11) is 2.86. The number of nitrogens with one attached hydrogen (secondary N) is 1. The van der Waals surface area contributed by atoms with E-state index in [4.69, 9.17) is 14.2 Å². The second kappa shape index (κ2) is 8.75. The zero-order valence-electron chi connectivity index (χ0n) is 15.2. The SMILES string of the molecule is COc1cc(/C=N/NC(=O)COc2ccc(C)c(C)c2)cc(OC)c1O. The number of ether oxygens (including phenoxy) is 3. The van der Waals surface area contributed by atoms with Gasteiger partial charge in [-0.05, 0) is 49.2 Å². The Morgan fingerprint density at radius 3 is 2.35 bits per heavy atom. The minimum atomic E-state index is -0.391. The average molecular weight is 358 g/mol. The number of methoxy groups -OCH3 is 2. The van der Waals surface area contributed by atoms with Crippen LogP contribution >= 0.6 is 0 Å². The van der Waals surface area contributed by atoms with Gasteiger partial charge in [0.05, 0.1) is 20.4 Å². The van der Waals surface area contributed by atoms with Gasteiger partial charge in [0.1, 0.15) is 5.75 Å². The van der Waals surface area contributed by atoms with Gasteiger partial charge in [-0.3, -0.25) is 4.79 Å². The Kier molecular flexibility index (Phi) is 6.43. The highest BCUT2D eigenvalue weighted by atomic mass is 16.5. The lowest BCUT2D eigenvalue weighted by Crippen LogP contribution is -2.24. The van der Waals surface area contributed by atoms with Crippen molar-refractivity contribution in [2.75, 3.05) is 20.8 Å². The van der Waals surface area contributed by atoms with Gasteiger partial charge in [0, 0.05) is 5.56 Å². The molecule has 0 aliphatic heterocycles. The van der Waals surface area contributed by atoms with E-state index in [0.29, 0.717) is 11.3 Å². The molecule has 2 rings (SSSR count). The Labute approximate surface area is 152 Å². The molecule has 0 aliphatic rings. The second-order valence-electron chi connectivity index (χ2n) is 5.60. The van der Waals surface area contributed by atoms with Gasteiger partial charge in [-0.2, -0.15) is 5.10 Å². The smallest absolute Gasteiger partial charge is 0.277 e. The van der Waals surface area contributed by atoms with Crippen LogP contribution in [0.5, 0.6) is 23.0 Å². The standard InChI is InChI=1S/C19H22N2O5/c1-12-5-6-15(7-13(12)2)26-11-18(22)21-20-10-14-8-16(24-3)19(23)17(9-14)25-4/h5-10,23H,11H2,1-4H3,(H,21,22)/b20-10+. The molecule has 0 radical (unpaired) electrons. The Bertz CT molecular complexity index is 793. The highest BCUT2D eigenvalue weighted by Gasteiger charge is 2.10. The molecule has 0 aliphatic carbocycles. The predicted octanol–water partition coefficient (Wildman–Crippen LogP) is 2.56. The zero-order valence-corrected chi connectivity index (χ0v) is 15.2. The van der Waals surface area contributed by atoms with Crippen LogP contribution in [-0.2, 0) is 4.79 Å². The van der Waals surface area contributed by atoms with Crippen LogP contribution in [-0.4, -0.2) is 38.1 Å². The number of aryl methyl sites for hydroxylation is 2. The van der Waals surface area contributed by atoms with Crippen LogP contribution in [0.25, 0.3) is 0 Å². The van der Waals surface area contributed by atoms with Gasteiger partial charge in [0.15, 0.2) is 18.1 Å². The van der Waals surface area contributed by atoms with Gasteiger partial charge in [0.25, 0.3) is 5.91 Å². The van der Waals surface area contributed by atoms with Crippen LogP contribution in [0.4, 0.5) is 0 Å². The number of hydrogen-bond donors (Lipinski definition) is 2. The van der Waals surface area contributed by atoms with Crippen molar-refractivity contribution in [2.24, 2.45) is 5.10 Å². The summed E-state index contributed by atoms with van der Waals surface area (Å²) in [5, 5.41) is 13.7. The first-order valence-corrected chi connectivity index (χ1v) is 7.91. The molecule has 26 heavy (non-hydrogen) atoms. The number of hydrazone groups is 1. The molecule has 7 nitrogen and oxygen atoms in total. The maximum Gasteiger partial charge on any atom is 0.277 e. The van der Waals surface area contributed by atoms with Crippen molar-refractivity contribution in [3.05, 3.63) is 47.0 Å². The summed E-state index contributed by atoms with van der Waals surface area (Å²) in [6.07, 6.45) is 1.42. The van der Waals surface area contributed by atoms with E-state index in [1.807, 2.05) is 32.0 Å². The topological polar surface area (TPSA) is 89.4 Å². The number of carbonyl (C=O) groups is 1. The van der Waals surface area contributed by atoms with E-state index in [9.17, 15) is 9.90 Å². The van der Waals surface area contributed by atoms with E-state index in [1.165, 1.54) is 20.4 Å². The first-order chi connectivity index (χ1) is 12.4. The van der Waals surface area contributed by atoms with Crippen molar-refractivity contribution in [3.63, 3.8) is 0 Å². The molecule has 0 saturated heterocycles. The molecule has 7 heteroatoms. The van der Waals surface area contributed by atoms with Crippen LogP contribution < -0.4 is 19.6 Å². The molecule has 0 aromatic heterocycles. The predicted molar refractivity (Wildman–Crippen MR) is 98.4 cm³/mol. The van der Waals surface area contributed by atoms with Gasteiger partial charge in [0.2, 0.25) is 5.75 Å². The number of carbonyl (C=O) groups excluding carboxylic acids is 1. The van der Waals surface area contributed by atoms with Gasteiger partial charge >= 0.3 is 0 Å². The second-order valence-corrected chi connectivity index (χ2v) is 5.60. The first-order valence-electron chi connectivity index (χ1n) is 7.91. The number of nitrogens with zero attached hydrogens (tertiary/aromatic N) is 1. The fourth-order valence-corrected chi connectivity index (χ4v) is 2.15. The third-order valence-electron chi connectivity index (χ3n) is 3.75. The molecule has 138 valence electrons. The van der Waals surface area contributed by atoms with Crippen LogP contribution in [0.1, 0.15) is 16.7 Å². The van der Waals surface area contributed by atoms with E-state index in [-0.39, 0.29) is 23.9 Å². The Hall–Kier alpha value is -3.22. The van der Waals surface area contributed by atoms with E-state index >= 15 is 0 Å². The van der Waals surface area contributed by atoms with E-state index < -0.39 is 5.91 Å². The number of hydrogen-bond acceptors (Lipinski definition) is 6. The maximum atomic E-state index is 11.8. The molecule has 2 aromatic carbocycles. The molecule has 2 aromatic rings. The fourth-order valence-electron chi connectivity index (χ4n) is 2.15. The number of amides is 1. The van der Waals surface area contributed by atoms with Crippen molar-refractivity contribution in [1.82, 2.24) is 5.43 Å². The van der Waals surface area contributed by atoms with Crippen LogP contribution in [0, 0.1) is 13.8 Å². The molecule has 2 N–H and O–H groups in total. The largest absolute Gasteiger partial charge is 0.502 e. The monoisotopic (exact) mass is 358 g/mol. The third kappa shape index (κ3) is 4.89. The minimum absolute atomic E-state index is 0.0991. The normalized spacial score (nSPS) is 10.6. The number of phenols is 1. The molecule has 0 spiro atoms. The van der Waals surface area contributed by atoms with Crippen molar-refractivity contribution in [3.8, 4) is 23.0 Å². The fraction of sp³-hybridized carbons (Fsp3) is 0.263. The lowest BCUT2D eigenvalue weighted by atomic mass is 10.1. The lowest BCUT2D eigenvalue weighted by Gasteiger charge is -2.09. The number of aromatic hydroxyl groups is 1. The first kappa shape index (κ1) is 19.1. The molecule has 0 unspecified atom stereocenters. The number of phenolic OH excluding ortho intramolecular Hbond substituents is 1. The van der Waals surface area contributed by atoms with Crippen molar-refractivity contribution in [1.29, 1.82) is 0 Å². The summed E-state index contributed by atoms with van der Waals surface area (Å²) >= 11 is 0. The summed E-state index contributed by atoms with van der Waals surface area (Å²) in [5.74, 6) is 0.626. The van der Waals surface area contributed by atoms with Crippen molar-refractivity contribution in [2.45, 2.75) is 13.8 Å². The van der Waals surface area contributed by atoms with E-state index in [1.54, 1.807) is 12.1 Å². The summed E-state index contributed by atoms with van der Waals surface area (Å²) in [6.45, 7) is 3.84. The highest BCUT2D eigenvalue weighted by molar-refractivity contribution is 5.84. The number of benzene rings is 2. The number of rotatable bonds is 7. The zero-order chi connectivity index (χ0) is 19.1. The van der Waals surface area contributed by atoms with Gasteiger partial charge in [-0.1, -0.05) is 6.07 Å². The summed E-state index contributed by atoms with van der Waals surface area (Å²) in [4.78, 5) is 11.8. The Morgan fingerprint density at radius 2 is 1.77 bits per heavy atom. The molecule has 0 heterocycles. The van der Waals surface area contributed by atoms with Crippen LogP contribution in [0.3, 0.4) is 0 Å². The minimum Gasteiger partial charge on any atom is -0.502 e. The summed E-state index contributed by atoms with van der Waals surface area (Å²) < 4.78 is 15.6. The maximum absolute atomic E-state index is 11.8. The van der Waals surface area contributed by atoms with Crippen LogP contribution in [0.2, 0.25) is 0 Å². The van der Waals surface area contributed by atoms with Crippen LogP contribution in [0.15, 0.2) is 35.4 Å². The quantitative estimate of drug-likeness (QED) is 0.586. The average Bonchev–Trinajstić information content (AvgIpc) is 2.63. The molecule has 0 atom stereocenters. The molecule has 0 fully saturated rings. The Morgan fingerprint density at radius 1 is 1.12 bits per heavy atom. The molecule has 1 amide bonds. The van der Waals surface area contributed by atoms with Gasteiger partial charge in [-0.25, -0.2) is 5.43 Å². The molecule has 0 saturated carbocycles. The van der Waals surface area contributed by atoms with Gasteiger partial charge in [-0.15, -0.1) is 0 Å². The molecular weight excluding hydrogens is 336 g/mol. The highest BCUT2D eigenvalue weighted by Crippen LogP contribution is 2.36. The lowest BCUT2D eigenvalue weighted by molar-refractivity contribution is -0.123. The molecular formula is C19H22N2O5. The van der Waals surface area contributed by atoms with E-state index in [0.717, 1.165) is 11.1 Å². The Balaban J connectivity index is 1.93. The molecule has 0 bridgehead atoms. The van der Waals surface area contributed by atoms with Gasteiger partial charge < -0.3 is 19.3 Å². The van der Waals surface area contributed by atoms with E-state index in [2.05, 4.69) is 10.5 Å². The summed E-state index contributed by atoms with van der Waals surface area (Å²) in [6, 6.07) is 8.76.